The number of hydrogen-bond donors (Lipinski definition) is 2. The van der Waals surface area contributed by atoms with Gasteiger partial charge in [0.2, 0.25) is 0 Å². The number of amides is 2. The van der Waals surface area contributed by atoms with Crippen LogP contribution in [0.25, 0.3) is 0 Å². The average Bonchev–Trinajstić information content (AvgIpc) is 2.57. The van der Waals surface area contributed by atoms with Gasteiger partial charge in [-0.15, -0.1) is 11.8 Å². The molecule has 1 heterocycles. The third-order valence-corrected chi connectivity index (χ3v) is 4.86. The summed E-state index contributed by atoms with van der Waals surface area (Å²) in [5.74, 6) is 1.37. The molecule has 0 spiro atoms. The Hall–Kier alpha value is -2.21. The number of rotatable bonds is 4. The van der Waals surface area contributed by atoms with Gasteiger partial charge in [0.1, 0.15) is 11.6 Å². The molecule has 0 bridgehead atoms. The highest BCUT2D eigenvalue weighted by atomic mass is 32.2. The molecule has 126 valence electrons. The Morgan fingerprint density at radius 1 is 1.29 bits per heavy atom. The Morgan fingerprint density at radius 3 is 2.83 bits per heavy atom. The van der Waals surface area contributed by atoms with E-state index >= 15 is 0 Å². The van der Waals surface area contributed by atoms with E-state index in [1.54, 1.807) is 42.1 Å². The van der Waals surface area contributed by atoms with Gasteiger partial charge in [-0.3, -0.25) is 0 Å². The monoisotopic (exact) mass is 346 g/mol. The molecule has 0 aromatic heterocycles. The molecule has 24 heavy (non-hydrogen) atoms. The second-order valence-electron chi connectivity index (χ2n) is 5.43. The minimum atomic E-state index is -0.300. The molecule has 0 radical (unpaired) electrons. The predicted molar refractivity (Wildman–Crippen MR) is 94.2 cm³/mol. The summed E-state index contributed by atoms with van der Waals surface area (Å²) in [6, 6.07) is 11.4. The molecule has 6 heteroatoms. The molecule has 1 atom stereocenters. The highest BCUT2D eigenvalue weighted by Crippen LogP contribution is 2.36. The van der Waals surface area contributed by atoms with Gasteiger partial charge in [0.15, 0.2) is 0 Å². The maximum atomic E-state index is 13.5. The summed E-state index contributed by atoms with van der Waals surface area (Å²) >= 11 is 1.69. The third-order valence-electron chi connectivity index (χ3n) is 3.74. The number of carbonyl (C=O) groups is 1. The van der Waals surface area contributed by atoms with Crippen molar-refractivity contribution in [2.24, 2.45) is 0 Å². The van der Waals surface area contributed by atoms with Crippen LogP contribution in [0.1, 0.15) is 24.9 Å². The van der Waals surface area contributed by atoms with E-state index in [1.165, 1.54) is 12.1 Å². The maximum Gasteiger partial charge on any atom is 0.319 e. The fourth-order valence-corrected chi connectivity index (χ4v) is 3.75. The minimum absolute atomic E-state index is 0.181. The lowest BCUT2D eigenvalue weighted by Gasteiger charge is -2.26. The summed E-state index contributed by atoms with van der Waals surface area (Å²) < 4.78 is 18.9. The number of thioether (sulfide) groups is 1. The van der Waals surface area contributed by atoms with E-state index in [2.05, 4.69) is 10.6 Å². The summed E-state index contributed by atoms with van der Waals surface area (Å²) in [7, 11) is 0. The lowest BCUT2D eigenvalue weighted by atomic mass is 10.0. The number of halogens is 1. The Kier molecular flexibility index (Phi) is 5.25. The van der Waals surface area contributed by atoms with Crippen molar-refractivity contribution < 1.29 is 13.9 Å². The SMILES string of the molecule is CCOc1ccc(NC(=O)NC2CCSc3ccc(F)cc32)cc1. The average molecular weight is 346 g/mol. The molecule has 2 aromatic carbocycles. The normalized spacial score (nSPS) is 16.2. The molecule has 4 nitrogen and oxygen atoms in total. The molecule has 1 aliphatic rings. The Morgan fingerprint density at radius 2 is 2.08 bits per heavy atom. The molecule has 2 aromatic rings. The Bertz CT molecular complexity index is 721. The Balaban J connectivity index is 1.64. The molecule has 2 N–H and O–H groups in total. The van der Waals surface area contributed by atoms with Crippen molar-refractivity contribution in [3.63, 3.8) is 0 Å². The van der Waals surface area contributed by atoms with E-state index in [1.807, 2.05) is 6.92 Å². The predicted octanol–water partition coefficient (Wildman–Crippen LogP) is 4.58. The number of fused-ring (bicyclic) bond motifs is 1. The summed E-state index contributed by atoms with van der Waals surface area (Å²) in [6.07, 6.45) is 0.776. The van der Waals surface area contributed by atoms with Crippen LogP contribution in [0.4, 0.5) is 14.9 Å². The second-order valence-corrected chi connectivity index (χ2v) is 6.56. The lowest BCUT2D eigenvalue weighted by molar-refractivity contribution is 0.248. The fourth-order valence-electron chi connectivity index (χ4n) is 2.64. The van der Waals surface area contributed by atoms with Gasteiger partial charge < -0.3 is 15.4 Å². The van der Waals surface area contributed by atoms with Crippen LogP contribution in [0.5, 0.6) is 5.75 Å². The van der Waals surface area contributed by atoms with Crippen LogP contribution in [-0.4, -0.2) is 18.4 Å². The molecular formula is C18H19FN2O2S. The van der Waals surface area contributed by atoms with E-state index in [-0.39, 0.29) is 17.9 Å². The van der Waals surface area contributed by atoms with Crippen LogP contribution in [-0.2, 0) is 0 Å². The first-order valence-electron chi connectivity index (χ1n) is 7.88. The van der Waals surface area contributed by atoms with Crippen LogP contribution in [0, 0.1) is 5.82 Å². The molecule has 3 rings (SSSR count). The highest BCUT2D eigenvalue weighted by Gasteiger charge is 2.22. The summed E-state index contributed by atoms with van der Waals surface area (Å²) in [5.41, 5.74) is 1.52. The maximum absolute atomic E-state index is 13.5. The number of anilines is 1. The van der Waals surface area contributed by atoms with E-state index in [9.17, 15) is 9.18 Å². The zero-order valence-electron chi connectivity index (χ0n) is 13.3. The van der Waals surface area contributed by atoms with Gasteiger partial charge >= 0.3 is 6.03 Å². The summed E-state index contributed by atoms with van der Waals surface area (Å²) in [4.78, 5) is 13.3. The molecule has 1 unspecified atom stereocenters. The molecule has 2 amide bonds. The first-order valence-corrected chi connectivity index (χ1v) is 8.87. The zero-order chi connectivity index (χ0) is 16.9. The van der Waals surface area contributed by atoms with Crippen molar-refractivity contribution in [2.45, 2.75) is 24.3 Å². The van der Waals surface area contributed by atoms with Gasteiger partial charge in [-0.25, -0.2) is 9.18 Å². The molecule has 0 saturated heterocycles. The van der Waals surface area contributed by atoms with Gasteiger partial charge in [-0.1, -0.05) is 0 Å². The zero-order valence-corrected chi connectivity index (χ0v) is 14.2. The number of benzene rings is 2. The standard InChI is InChI=1S/C18H19FN2O2S/c1-2-23-14-6-4-13(5-7-14)20-18(22)21-16-9-10-24-17-8-3-12(19)11-15(16)17/h3-8,11,16H,2,9-10H2,1H3,(H2,20,21,22). The van der Waals surface area contributed by atoms with Gasteiger partial charge in [0.25, 0.3) is 0 Å². The highest BCUT2D eigenvalue weighted by molar-refractivity contribution is 7.99. The largest absolute Gasteiger partial charge is 0.494 e. The fraction of sp³-hybridized carbons (Fsp3) is 0.278. The van der Waals surface area contributed by atoms with Crippen LogP contribution >= 0.6 is 11.8 Å². The lowest BCUT2D eigenvalue weighted by Crippen LogP contribution is -2.34. The van der Waals surface area contributed by atoms with Crippen LogP contribution in [0.2, 0.25) is 0 Å². The third kappa shape index (κ3) is 4.00. The van der Waals surface area contributed by atoms with Crippen molar-refractivity contribution in [3.8, 4) is 5.75 Å². The van der Waals surface area contributed by atoms with Crippen molar-refractivity contribution in [2.75, 3.05) is 17.7 Å². The molecule has 0 saturated carbocycles. The van der Waals surface area contributed by atoms with E-state index in [0.29, 0.717) is 12.3 Å². The molecular weight excluding hydrogens is 327 g/mol. The topological polar surface area (TPSA) is 50.4 Å². The van der Waals surface area contributed by atoms with Crippen molar-refractivity contribution in [3.05, 3.63) is 53.8 Å². The van der Waals surface area contributed by atoms with Crippen molar-refractivity contribution in [1.82, 2.24) is 5.32 Å². The van der Waals surface area contributed by atoms with Crippen LogP contribution in [0.3, 0.4) is 0 Å². The summed E-state index contributed by atoms with van der Waals surface area (Å²) in [6.45, 7) is 2.52. The van der Waals surface area contributed by atoms with E-state index in [4.69, 9.17) is 4.74 Å². The van der Waals surface area contributed by atoms with Crippen molar-refractivity contribution in [1.29, 1.82) is 0 Å². The number of hydrogen-bond acceptors (Lipinski definition) is 3. The summed E-state index contributed by atoms with van der Waals surface area (Å²) in [5, 5.41) is 5.73. The number of nitrogens with one attached hydrogen (secondary N) is 2. The second kappa shape index (κ2) is 7.57. The molecule has 1 aliphatic heterocycles. The van der Waals surface area contributed by atoms with Gasteiger partial charge in [-0.2, -0.15) is 0 Å². The first-order chi connectivity index (χ1) is 11.7. The van der Waals surface area contributed by atoms with Gasteiger partial charge in [-0.05, 0) is 61.4 Å². The number of ether oxygens (including phenoxy) is 1. The number of urea groups is 1. The Labute approximate surface area is 144 Å². The smallest absolute Gasteiger partial charge is 0.319 e. The van der Waals surface area contributed by atoms with Crippen LogP contribution in [0.15, 0.2) is 47.4 Å². The van der Waals surface area contributed by atoms with E-state index in [0.717, 1.165) is 28.4 Å². The van der Waals surface area contributed by atoms with Gasteiger partial charge in [0.05, 0.1) is 12.6 Å². The van der Waals surface area contributed by atoms with Crippen molar-refractivity contribution >= 4 is 23.5 Å². The van der Waals surface area contributed by atoms with Gasteiger partial charge in [0, 0.05) is 16.3 Å². The number of carbonyl (C=O) groups excluding carboxylic acids is 1. The minimum Gasteiger partial charge on any atom is -0.494 e. The quantitative estimate of drug-likeness (QED) is 0.852. The molecule has 0 fully saturated rings. The first kappa shape index (κ1) is 16.6. The molecule has 0 aliphatic carbocycles. The van der Waals surface area contributed by atoms with E-state index < -0.39 is 0 Å². The van der Waals surface area contributed by atoms with Crippen LogP contribution < -0.4 is 15.4 Å².